The molecule has 126 valence electrons. The Morgan fingerprint density at radius 3 is 2.55 bits per heavy atom. The summed E-state index contributed by atoms with van der Waals surface area (Å²) in [5.41, 5.74) is -0.0889. The molecule has 0 fully saturated rings. The number of rotatable bonds is 9. The zero-order valence-corrected chi connectivity index (χ0v) is 14.4. The predicted octanol–water partition coefficient (Wildman–Crippen LogP) is 3.08. The average Bonchev–Trinajstić information content (AvgIpc) is 2.46. The van der Waals surface area contributed by atoms with Crippen molar-refractivity contribution in [3.05, 3.63) is 12.2 Å². The highest BCUT2D eigenvalue weighted by Gasteiger charge is 2.30. The SMILES string of the molecule is CCCCCCS[C@@H]1C=C[C@H](OC(C)=O)[C@@H](COC(C)=O)O1. The highest BCUT2D eigenvalue weighted by atomic mass is 32.2. The third-order valence-corrected chi connectivity index (χ3v) is 4.29. The standard InChI is InChI=1S/C16H26O5S/c1-4-5-6-7-10-22-16-9-8-14(20-13(3)18)15(21-16)11-19-12(2)17/h8-9,14-16H,4-7,10-11H2,1-3H3/t14-,15+,16+/m0/s1. The molecule has 0 aromatic rings. The van der Waals surface area contributed by atoms with Gasteiger partial charge in [0.15, 0.2) is 0 Å². The van der Waals surface area contributed by atoms with Crippen molar-refractivity contribution in [1.82, 2.24) is 0 Å². The molecule has 0 bridgehead atoms. The number of hydrogen-bond donors (Lipinski definition) is 0. The minimum Gasteiger partial charge on any atom is -0.463 e. The molecule has 0 spiro atoms. The topological polar surface area (TPSA) is 61.8 Å². The molecule has 1 heterocycles. The van der Waals surface area contributed by atoms with Gasteiger partial charge >= 0.3 is 11.9 Å². The zero-order valence-electron chi connectivity index (χ0n) is 13.6. The number of thioether (sulfide) groups is 1. The van der Waals surface area contributed by atoms with Crippen molar-refractivity contribution < 1.29 is 23.8 Å². The van der Waals surface area contributed by atoms with Crippen LogP contribution in [0.2, 0.25) is 0 Å². The van der Waals surface area contributed by atoms with Crippen LogP contribution < -0.4 is 0 Å². The van der Waals surface area contributed by atoms with Crippen LogP contribution in [0, 0.1) is 0 Å². The van der Waals surface area contributed by atoms with E-state index in [2.05, 4.69) is 6.92 Å². The van der Waals surface area contributed by atoms with Crippen LogP contribution >= 0.6 is 11.8 Å². The summed E-state index contributed by atoms with van der Waals surface area (Å²) in [6, 6.07) is 0. The summed E-state index contributed by atoms with van der Waals surface area (Å²) in [5.74, 6) is 0.272. The smallest absolute Gasteiger partial charge is 0.303 e. The number of hydrogen-bond acceptors (Lipinski definition) is 6. The first kappa shape index (κ1) is 19.0. The molecule has 5 nitrogen and oxygen atoms in total. The fraction of sp³-hybridized carbons (Fsp3) is 0.750. The molecule has 1 aliphatic heterocycles. The molecule has 3 atom stereocenters. The molecular weight excluding hydrogens is 304 g/mol. The summed E-state index contributed by atoms with van der Waals surface area (Å²) in [6.07, 6.45) is 7.64. The summed E-state index contributed by atoms with van der Waals surface area (Å²) < 4.78 is 16.1. The van der Waals surface area contributed by atoms with E-state index in [0.29, 0.717) is 0 Å². The van der Waals surface area contributed by atoms with Gasteiger partial charge in [-0.3, -0.25) is 9.59 Å². The molecule has 0 aromatic carbocycles. The van der Waals surface area contributed by atoms with E-state index in [1.165, 1.54) is 33.1 Å². The second-order valence-electron chi connectivity index (χ2n) is 5.24. The normalized spacial score (nSPS) is 24.0. The van der Waals surface area contributed by atoms with Gasteiger partial charge in [-0.05, 0) is 24.3 Å². The van der Waals surface area contributed by atoms with Crippen molar-refractivity contribution in [2.45, 2.75) is 64.1 Å². The fourth-order valence-electron chi connectivity index (χ4n) is 2.08. The first-order valence-corrected chi connectivity index (χ1v) is 8.83. The van der Waals surface area contributed by atoms with Gasteiger partial charge in [-0.15, -0.1) is 11.8 Å². The van der Waals surface area contributed by atoms with Crippen molar-refractivity contribution in [2.24, 2.45) is 0 Å². The maximum Gasteiger partial charge on any atom is 0.303 e. The van der Waals surface area contributed by atoms with Crippen LogP contribution in [0.5, 0.6) is 0 Å². The van der Waals surface area contributed by atoms with Crippen molar-refractivity contribution in [3.8, 4) is 0 Å². The Morgan fingerprint density at radius 1 is 1.14 bits per heavy atom. The Balaban J connectivity index is 2.46. The lowest BCUT2D eigenvalue weighted by atomic mass is 10.1. The molecule has 0 radical (unpaired) electrons. The molecule has 0 saturated heterocycles. The Morgan fingerprint density at radius 2 is 1.91 bits per heavy atom. The monoisotopic (exact) mass is 330 g/mol. The molecule has 0 unspecified atom stereocenters. The van der Waals surface area contributed by atoms with Gasteiger partial charge in [0, 0.05) is 13.8 Å². The van der Waals surface area contributed by atoms with E-state index >= 15 is 0 Å². The molecule has 0 N–H and O–H groups in total. The Hall–Kier alpha value is -1.01. The summed E-state index contributed by atoms with van der Waals surface area (Å²) in [5, 5.41) is 0. The number of ether oxygens (including phenoxy) is 3. The van der Waals surface area contributed by atoms with Gasteiger partial charge in [-0.25, -0.2) is 0 Å². The lowest BCUT2D eigenvalue weighted by Gasteiger charge is -2.31. The number of unbranched alkanes of at least 4 members (excludes halogenated alkanes) is 3. The highest BCUT2D eigenvalue weighted by molar-refractivity contribution is 7.99. The van der Waals surface area contributed by atoms with Crippen LogP contribution in [0.1, 0.15) is 46.5 Å². The average molecular weight is 330 g/mol. The molecule has 0 aromatic heterocycles. The van der Waals surface area contributed by atoms with Crippen molar-refractivity contribution in [2.75, 3.05) is 12.4 Å². The summed E-state index contributed by atoms with van der Waals surface area (Å²) >= 11 is 1.72. The van der Waals surface area contributed by atoms with Crippen molar-refractivity contribution >= 4 is 23.7 Å². The van der Waals surface area contributed by atoms with Crippen LogP contribution in [0.3, 0.4) is 0 Å². The van der Waals surface area contributed by atoms with E-state index in [1.54, 1.807) is 11.8 Å². The van der Waals surface area contributed by atoms with Gasteiger partial charge in [0.1, 0.15) is 24.3 Å². The maximum atomic E-state index is 11.1. The summed E-state index contributed by atoms with van der Waals surface area (Å²) in [7, 11) is 0. The largest absolute Gasteiger partial charge is 0.463 e. The van der Waals surface area contributed by atoms with E-state index in [4.69, 9.17) is 14.2 Å². The highest BCUT2D eigenvalue weighted by Crippen LogP contribution is 2.25. The molecule has 0 amide bonds. The van der Waals surface area contributed by atoms with E-state index in [0.717, 1.165) is 12.2 Å². The van der Waals surface area contributed by atoms with E-state index < -0.39 is 12.2 Å². The van der Waals surface area contributed by atoms with Crippen molar-refractivity contribution in [3.63, 3.8) is 0 Å². The lowest BCUT2D eigenvalue weighted by Crippen LogP contribution is -2.40. The molecule has 1 rings (SSSR count). The van der Waals surface area contributed by atoms with Gasteiger partial charge < -0.3 is 14.2 Å². The first-order chi connectivity index (χ1) is 10.5. The molecule has 22 heavy (non-hydrogen) atoms. The molecule has 1 aliphatic rings. The van der Waals surface area contributed by atoms with Gasteiger partial charge in [0.2, 0.25) is 0 Å². The van der Waals surface area contributed by atoms with Crippen molar-refractivity contribution in [1.29, 1.82) is 0 Å². The Kier molecular flexibility index (Phi) is 9.24. The van der Waals surface area contributed by atoms with Gasteiger partial charge in [0.05, 0.1) is 0 Å². The van der Waals surface area contributed by atoms with Crippen LogP contribution in [0.4, 0.5) is 0 Å². The minimum absolute atomic E-state index is 0.0878. The van der Waals surface area contributed by atoms with Crippen LogP contribution in [-0.2, 0) is 23.8 Å². The zero-order chi connectivity index (χ0) is 16.4. The quantitative estimate of drug-likeness (QED) is 0.368. The first-order valence-electron chi connectivity index (χ1n) is 7.79. The molecule has 6 heteroatoms. The van der Waals surface area contributed by atoms with Crippen LogP contribution in [0.25, 0.3) is 0 Å². The number of carbonyl (C=O) groups is 2. The second kappa shape index (κ2) is 10.7. The molecular formula is C16H26O5S. The third kappa shape index (κ3) is 7.84. The Bertz CT molecular complexity index is 383. The lowest BCUT2D eigenvalue weighted by molar-refractivity contribution is -0.160. The molecule has 0 aliphatic carbocycles. The van der Waals surface area contributed by atoms with E-state index in [9.17, 15) is 9.59 Å². The minimum atomic E-state index is -0.506. The van der Waals surface area contributed by atoms with Gasteiger partial charge in [-0.2, -0.15) is 0 Å². The predicted molar refractivity (Wildman–Crippen MR) is 86.6 cm³/mol. The van der Waals surface area contributed by atoms with E-state index in [1.807, 2.05) is 12.2 Å². The van der Waals surface area contributed by atoms with Gasteiger partial charge in [0.25, 0.3) is 0 Å². The number of esters is 2. The summed E-state index contributed by atoms with van der Waals surface area (Å²) in [6.45, 7) is 4.98. The maximum absolute atomic E-state index is 11.1. The van der Waals surface area contributed by atoms with Crippen LogP contribution in [0.15, 0.2) is 12.2 Å². The van der Waals surface area contributed by atoms with Crippen LogP contribution in [-0.4, -0.2) is 41.9 Å². The van der Waals surface area contributed by atoms with E-state index in [-0.39, 0.29) is 24.0 Å². The third-order valence-electron chi connectivity index (χ3n) is 3.17. The number of carbonyl (C=O) groups excluding carboxylic acids is 2. The molecule has 0 saturated carbocycles. The van der Waals surface area contributed by atoms with Gasteiger partial charge in [-0.1, -0.05) is 26.2 Å². The second-order valence-corrected chi connectivity index (χ2v) is 6.44. The summed E-state index contributed by atoms with van der Waals surface area (Å²) in [4.78, 5) is 22.1. The Labute approximate surface area is 136 Å². The fourth-order valence-corrected chi connectivity index (χ4v) is 3.11.